The lowest BCUT2D eigenvalue weighted by Crippen LogP contribution is -2.21. The maximum atomic E-state index is 11.8. The maximum absolute atomic E-state index is 11.8. The lowest BCUT2D eigenvalue weighted by atomic mass is 10.2. The van der Waals surface area contributed by atoms with Crippen LogP contribution >= 0.6 is 11.6 Å². The molecule has 104 valence electrons. The molecule has 0 saturated carbocycles. The molecule has 1 aromatic heterocycles. The molecule has 0 aliphatic carbocycles. The summed E-state index contributed by atoms with van der Waals surface area (Å²) >= 11 is 5.79. The third kappa shape index (κ3) is 3.27. The second kappa shape index (κ2) is 5.62. The number of carboxylic acid groups (broad SMARTS) is 1. The molecule has 2 rings (SSSR count). The number of urea groups is 1. The Balaban J connectivity index is 2.15. The SMILES string of the molecule is Cn1ccc(NC(=O)Nc2cc(Cl)ccc2C(=O)O)n1. The van der Waals surface area contributed by atoms with Gasteiger partial charge < -0.3 is 10.4 Å². The van der Waals surface area contributed by atoms with Crippen LogP contribution < -0.4 is 10.6 Å². The number of carboxylic acids is 1. The normalized spacial score (nSPS) is 10.1. The molecule has 8 heteroatoms. The van der Waals surface area contributed by atoms with E-state index in [1.54, 1.807) is 19.3 Å². The number of rotatable bonds is 3. The number of nitrogens with one attached hydrogen (secondary N) is 2. The molecular weight excluding hydrogens is 284 g/mol. The van der Waals surface area contributed by atoms with E-state index in [1.807, 2.05) is 0 Å². The van der Waals surface area contributed by atoms with Crippen LogP contribution in [0.2, 0.25) is 5.02 Å². The Kier molecular flexibility index (Phi) is 3.90. The first kappa shape index (κ1) is 13.9. The Morgan fingerprint density at radius 1 is 1.30 bits per heavy atom. The Morgan fingerprint density at radius 3 is 2.65 bits per heavy atom. The number of amides is 2. The molecule has 0 unspecified atom stereocenters. The van der Waals surface area contributed by atoms with Crippen molar-refractivity contribution in [2.45, 2.75) is 0 Å². The molecule has 2 amide bonds. The van der Waals surface area contributed by atoms with Gasteiger partial charge in [-0.2, -0.15) is 5.10 Å². The van der Waals surface area contributed by atoms with E-state index in [1.165, 1.54) is 22.9 Å². The van der Waals surface area contributed by atoms with Gasteiger partial charge in [-0.1, -0.05) is 11.6 Å². The Morgan fingerprint density at radius 2 is 2.05 bits per heavy atom. The molecule has 0 atom stereocenters. The van der Waals surface area contributed by atoms with Gasteiger partial charge in [0.1, 0.15) is 0 Å². The van der Waals surface area contributed by atoms with Gasteiger partial charge in [0.2, 0.25) is 0 Å². The fourth-order valence-corrected chi connectivity index (χ4v) is 1.73. The highest BCUT2D eigenvalue weighted by Gasteiger charge is 2.13. The summed E-state index contributed by atoms with van der Waals surface area (Å²) in [7, 11) is 1.71. The summed E-state index contributed by atoms with van der Waals surface area (Å²) in [5, 5.41) is 18.2. The van der Waals surface area contributed by atoms with Crippen molar-refractivity contribution in [3.8, 4) is 0 Å². The van der Waals surface area contributed by atoms with Gasteiger partial charge in [-0.15, -0.1) is 0 Å². The molecule has 0 aliphatic rings. The number of halogens is 1. The third-order valence-corrected chi connectivity index (χ3v) is 2.65. The van der Waals surface area contributed by atoms with Crippen molar-refractivity contribution in [1.82, 2.24) is 9.78 Å². The van der Waals surface area contributed by atoms with Crippen molar-refractivity contribution in [2.75, 3.05) is 10.6 Å². The molecule has 1 heterocycles. The minimum atomic E-state index is -1.16. The number of carbonyl (C=O) groups is 2. The number of hydrogen-bond acceptors (Lipinski definition) is 3. The molecule has 2 aromatic rings. The van der Waals surface area contributed by atoms with Gasteiger partial charge in [0.25, 0.3) is 0 Å². The summed E-state index contributed by atoms with van der Waals surface area (Å²) in [6.07, 6.45) is 1.66. The highest BCUT2D eigenvalue weighted by molar-refractivity contribution is 6.31. The second-order valence-electron chi connectivity index (χ2n) is 3.95. The lowest BCUT2D eigenvalue weighted by molar-refractivity contribution is 0.0698. The van der Waals surface area contributed by atoms with Crippen LogP contribution in [-0.4, -0.2) is 26.9 Å². The monoisotopic (exact) mass is 294 g/mol. The van der Waals surface area contributed by atoms with Gasteiger partial charge in [-0.05, 0) is 18.2 Å². The minimum Gasteiger partial charge on any atom is -0.478 e. The number of hydrogen-bond donors (Lipinski definition) is 3. The van der Waals surface area contributed by atoms with E-state index >= 15 is 0 Å². The van der Waals surface area contributed by atoms with E-state index in [2.05, 4.69) is 15.7 Å². The lowest BCUT2D eigenvalue weighted by Gasteiger charge is -2.09. The zero-order chi connectivity index (χ0) is 14.7. The number of aryl methyl sites for hydroxylation is 1. The molecule has 7 nitrogen and oxygen atoms in total. The Hall–Kier alpha value is -2.54. The topological polar surface area (TPSA) is 96.2 Å². The van der Waals surface area contributed by atoms with E-state index in [9.17, 15) is 9.59 Å². The predicted octanol–water partition coefficient (Wildman–Crippen LogP) is 2.42. The van der Waals surface area contributed by atoms with E-state index in [-0.39, 0.29) is 11.3 Å². The first-order valence-electron chi connectivity index (χ1n) is 5.56. The van der Waals surface area contributed by atoms with Crippen LogP contribution in [0.1, 0.15) is 10.4 Å². The third-order valence-electron chi connectivity index (χ3n) is 2.42. The van der Waals surface area contributed by atoms with Crippen LogP contribution in [0.15, 0.2) is 30.5 Å². The summed E-state index contributed by atoms with van der Waals surface area (Å²) in [6.45, 7) is 0. The predicted molar refractivity (Wildman–Crippen MR) is 74.3 cm³/mol. The maximum Gasteiger partial charge on any atom is 0.337 e. The summed E-state index contributed by atoms with van der Waals surface area (Å²) in [4.78, 5) is 22.8. The molecule has 20 heavy (non-hydrogen) atoms. The van der Waals surface area contributed by atoms with Crippen LogP contribution in [-0.2, 0) is 7.05 Å². The van der Waals surface area contributed by atoms with Gasteiger partial charge in [-0.3, -0.25) is 10.00 Å². The quantitative estimate of drug-likeness (QED) is 0.810. The van der Waals surface area contributed by atoms with Crippen LogP contribution in [0.4, 0.5) is 16.3 Å². The van der Waals surface area contributed by atoms with E-state index in [0.717, 1.165) is 0 Å². The first-order chi connectivity index (χ1) is 9.45. The number of carbonyl (C=O) groups excluding carboxylic acids is 1. The first-order valence-corrected chi connectivity index (χ1v) is 5.94. The van der Waals surface area contributed by atoms with E-state index < -0.39 is 12.0 Å². The molecule has 0 saturated heterocycles. The van der Waals surface area contributed by atoms with Crippen LogP contribution in [0.5, 0.6) is 0 Å². The molecular formula is C12H11ClN4O3. The van der Waals surface area contributed by atoms with Gasteiger partial charge in [0.05, 0.1) is 11.3 Å². The van der Waals surface area contributed by atoms with Crippen molar-refractivity contribution >= 4 is 35.1 Å². The number of benzene rings is 1. The van der Waals surface area contributed by atoms with Gasteiger partial charge in [0, 0.05) is 24.3 Å². The summed E-state index contributed by atoms with van der Waals surface area (Å²) < 4.78 is 1.53. The van der Waals surface area contributed by atoms with Crippen LogP contribution in [0.3, 0.4) is 0 Å². The van der Waals surface area contributed by atoms with E-state index in [0.29, 0.717) is 10.8 Å². The zero-order valence-electron chi connectivity index (χ0n) is 10.4. The van der Waals surface area contributed by atoms with Crippen molar-refractivity contribution in [2.24, 2.45) is 7.05 Å². The fraction of sp³-hybridized carbons (Fsp3) is 0.0833. The molecule has 0 spiro atoms. The standard InChI is InChI=1S/C12H11ClN4O3/c1-17-5-4-10(16-17)15-12(20)14-9-6-7(13)2-3-8(9)11(18)19/h2-6H,1H3,(H,18,19)(H2,14,15,16,20). The van der Waals surface area contributed by atoms with Gasteiger partial charge in [0.15, 0.2) is 5.82 Å². The van der Waals surface area contributed by atoms with Crippen LogP contribution in [0.25, 0.3) is 0 Å². The Labute approximate surface area is 119 Å². The molecule has 1 aromatic carbocycles. The molecule has 3 N–H and O–H groups in total. The van der Waals surface area contributed by atoms with Gasteiger partial charge in [-0.25, -0.2) is 9.59 Å². The Bertz CT molecular complexity index is 668. The number of aromatic carboxylic acids is 1. The number of anilines is 2. The van der Waals surface area contributed by atoms with E-state index in [4.69, 9.17) is 16.7 Å². The van der Waals surface area contributed by atoms with Crippen molar-refractivity contribution < 1.29 is 14.7 Å². The highest BCUT2D eigenvalue weighted by Crippen LogP contribution is 2.21. The molecule has 0 fully saturated rings. The molecule has 0 bridgehead atoms. The van der Waals surface area contributed by atoms with Crippen molar-refractivity contribution in [3.63, 3.8) is 0 Å². The van der Waals surface area contributed by atoms with Crippen molar-refractivity contribution in [3.05, 3.63) is 41.0 Å². The van der Waals surface area contributed by atoms with Gasteiger partial charge >= 0.3 is 12.0 Å². The van der Waals surface area contributed by atoms with Crippen LogP contribution in [0, 0.1) is 0 Å². The average molecular weight is 295 g/mol. The molecule has 0 aliphatic heterocycles. The summed E-state index contributed by atoms with van der Waals surface area (Å²) in [6, 6.07) is 5.13. The smallest absolute Gasteiger partial charge is 0.337 e. The second-order valence-corrected chi connectivity index (χ2v) is 4.39. The number of aromatic nitrogens is 2. The summed E-state index contributed by atoms with van der Waals surface area (Å²) in [5.74, 6) is -0.807. The molecule has 0 radical (unpaired) electrons. The average Bonchev–Trinajstić information content (AvgIpc) is 2.74. The number of nitrogens with zero attached hydrogens (tertiary/aromatic N) is 2. The summed E-state index contributed by atoms with van der Waals surface area (Å²) in [5.41, 5.74) is 0.0593. The van der Waals surface area contributed by atoms with Crippen molar-refractivity contribution in [1.29, 1.82) is 0 Å². The fourth-order valence-electron chi connectivity index (χ4n) is 1.56. The largest absolute Gasteiger partial charge is 0.478 e. The zero-order valence-corrected chi connectivity index (χ0v) is 11.2. The highest BCUT2D eigenvalue weighted by atomic mass is 35.5. The minimum absolute atomic E-state index is 0.0504.